The summed E-state index contributed by atoms with van der Waals surface area (Å²) in [5, 5.41) is 3.65. The van der Waals surface area contributed by atoms with Gasteiger partial charge in [0.25, 0.3) is 5.91 Å². The first kappa shape index (κ1) is 20.8. The second-order valence-corrected chi connectivity index (χ2v) is 8.57. The van der Waals surface area contributed by atoms with E-state index in [0.29, 0.717) is 37.9 Å². The summed E-state index contributed by atoms with van der Waals surface area (Å²) < 4.78 is 14.5. The Balaban J connectivity index is 1.47. The van der Waals surface area contributed by atoms with Crippen molar-refractivity contribution in [1.82, 2.24) is 15.1 Å². The van der Waals surface area contributed by atoms with Gasteiger partial charge in [0.1, 0.15) is 5.82 Å². The molecule has 2 heterocycles. The molecule has 1 N–H and O–H groups in total. The van der Waals surface area contributed by atoms with Crippen LogP contribution < -0.4 is 5.32 Å². The van der Waals surface area contributed by atoms with E-state index in [1.54, 1.807) is 28.9 Å². The first-order valence-corrected chi connectivity index (χ1v) is 10.5. The Morgan fingerprint density at radius 3 is 2.53 bits per heavy atom. The molecular formula is C23H25ClFN3O2. The number of benzene rings is 2. The van der Waals surface area contributed by atoms with Crippen molar-refractivity contribution in [2.45, 2.75) is 37.9 Å². The number of halogens is 2. The average Bonchev–Trinajstić information content (AvgIpc) is 2.97. The van der Waals surface area contributed by atoms with Crippen LogP contribution in [0.15, 0.2) is 42.5 Å². The molecular weight excluding hydrogens is 405 g/mol. The molecule has 4 rings (SSSR count). The van der Waals surface area contributed by atoms with Crippen molar-refractivity contribution >= 4 is 23.4 Å². The monoisotopic (exact) mass is 429 g/mol. The Hall–Kier alpha value is -2.44. The number of carbonyl (C=O) groups excluding carboxylic acids is 2. The second-order valence-electron chi connectivity index (χ2n) is 8.16. The van der Waals surface area contributed by atoms with Crippen LogP contribution in [-0.2, 0) is 11.2 Å². The lowest BCUT2D eigenvalue weighted by molar-refractivity contribution is -0.131. The fraction of sp³-hybridized carbons (Fsp3) is 0.391. The van der Waals surface area contributed by atoms with Gasteiger partial charge in [0, 0.05) is 33.0 Å². The molecule has 0 bridgehead atoms. The maximum absolute atomic E-state index is 14.5. The molecule has 2 aromatic rings. The van der Waals surface area contributed by atoms with Gasteiger partial charge < -0.3 is 9.80 Å². The Morgan fingerprint density at radius 1 is 1.20 bits per heavy atom. The summed E-state index contributed by atoms with van der Waals surface area (Å²) in [6, 6.07) is 12.7. The Kier molecular flexibility index (Phi) is 5.55. The highest BCUT2D eigenvalue weighted by Gasteiger charge is 2.50. The molecule has 30 heavy (non-hydrogen) atoms. The highest BCUT2D eigenvalue weighted by atomic mass is 35.5. The Morgan fingerprint density at radius 2 is 1.87 bits per heavy atom. The number of aryl methyl sites for hydroxylation is 1. The molecule has 2 aliphatic heterocycles. The van der Waals surface area contributed by atoms with Crippen LogP contribution in [0.3, 0.4) is 0 Å². The van der Waals surface area contributed by atoms with Crippen LogP contribution in [0.1, 0.15) is 34.3 Å². The van der Waals surface area contributed by atoms with Gasteiger partial charge in [0.15, 0.2) is 0 Å². The lowest BCUT2D eigenvalue weighted by atomic mass is 9.95. The zero-order valence-electron chi connectivity index (χ0n) is 17.1. The molecule has 1 unspecified atom stereocenters. The molecule has 158 valence electrons. The first-order chi connectivity index (χ1) is 14.3. The lowest BCUT2D eigenvalue weighted by Crippen LogP contribution is -2.58. The smallest absolute Gasteiger partial charge is 0.258 e. The number of hydrogen-bond acceptors (Lipinski definition) is 3. The second kappa shape index (κ2) is 8.00. The van der Waals surface area contributed by atoms with Crippen molar-refractivity contribution in [3.8, 4) is 0 Å². The van der Waals surface area contributed by atoms with Crippen molar-refractivity contribution in [3.63, 3.8) is 0 Å². The number of amides is 2. The topological polar surface area (TPSA) is 52.7 Å². The zero-order valence-corrected chi connectivity index (χ0v) is 17.9. The maximum atomic E-state index is 14.5. The van der Waals surface area contributed by atoms with Crippen molar-refractivity contribution in [2.75, 3.05) is 20.1 Å². The molecule has 1 atom stereocenters. The summed E-state index contributed by atoms with van der Waals surface area (Å²) in [6.45, 7) is 2.46. The maximum Gasteiger partial charge on any atom is 0.258 e. The summed E-state index contributed by atoms with van der Waals surface area (Å²) in [5.41, 5.74) is 0.939. The van der Waals surface area contributed by atoms with Gasteiger partial charge in [-0.2, -0.15) is 0 Å². The van der Waals surface area contributed by atoms with E-state index >= 15 is 0 Å². The van der Waals surface area contributed by atoms with Crippen LogP contribution in [0.25, 0.3) is 0 Å². The third-order valence-corrected chi connectivity index (χ3v) is 6.69. The fourth-order valence-corrected chi connectivity index (χ4v) is 4.71. The van der Waals surface area contributed by atoms with Crippen LogP contribution in [0.2, 0.25) is 5.02 Å². The summed E-state index contributed by atoms with van der Waals surface area (Å²) >= 11 is 6.12. The summed E-state index contributed by atoms with van der Waals surface area (Å²) in [7, 11) is 1.81. The molecule has 2 aromatic carbocycles. The molecule has 0 aliphatic carbocycles. The normalized spacial score (nSPS) is 20.8. The minimum Gasteiger partial charge on any atom is -0.338 e. The number of carbonyl (C=O) groups is 2. The number of nitrogens with one attached hydrogen (secondary N) is 1. The van der Waals surface area contributed by atoms with E-state index in [2.05, 4.69) is 5.32 Å². The average molecular weight is 430 g/mol. The number of piperidine rings is 1. The Labute approximate surface area is 180 Å². The summed E-state index contributed by atoms with van der Waals surface area (Å²) in [6.07, 6.45) is 1.78. The minimum atomic E-state index is -0.568. The van der Waals surface area contributed by atoms with Gasteiger partial charge >= 0.3 is 0 Å². The highest BCUT2D eigenvalue weighted by molar-refractivity contribution is 6.33. The van der Waals surface area contributed by atoms with E-state index in [0.717, 1.165) is 5.56 Å². The van der Waals surface area contributed by atoms with Crippen molar-refractivity contribution in [3.05, 3.63) is 70.0 Å². The molecule has 2 fully saturated rings. The van der Waals surface area contributed by atoms with Crippen molar-refractivity contribution in [2.24, 2.45) is 0 Å². The SMILES string of the molecule is Cc1ccc(Cl)c(C(=O)N2CCC3(CC2)NC(Cc2ccccc2)C(=O)N3C)c1F. The number of nitrogens with zero attached hydrogens (tertiary/aromatic N) is 2. The molecule has 5 nitrogen and oxygen atoms in total. The molecule has 0 aromatic heterocycles. The molecule has 0 radical (unpaired) electrons. The third-order valence-electron chi connectivity index (χ3n) is 6.37. The predicted molar refractivity (Wildman–Crippen MR) is 114 cm³/mol. The quantitative estimate of drug-likeness (QED) is 0.813. The van der Waals surface area contributed by atoms with Gasteiger partial charge in [-0.1, -0.05) is 48.0 Å². The molecule has 2 aliphatic rings. The van der Waals surface area contributed by atoms with Gasteiger partial charge in [-0.25, -0.2) is 4.39 Å². The van der Waals surface area contributed by atoms with Crippen LogP contribution in [-0.4, -0.2) is 53.5 Å². The summed E-state index contributed by atoms with van der Waals surface area (Å²) in [4.78, 5) is 29.2. The van der Waals surface area contributed by atoms with E-state index in [1.807, 2.05) is 37.4 Å². The van der Waals surface area contributed by atoms with Gasteiger partial charge in [0.05, 0.1) is 22.3 Å². The first-order valence-electron chi connectivity index (χ1n) is 10.2. The van der Waals surface area contributed by atoms with Crippen LogP contribution in [0.5, 0.6) is 0 Å². The van der Waals surface area contributed by atoms with Gasteiger partial charge in [-0.15, -0.1) is 0 Å². The van der Waals surface area contributed by atoms with E-state index in [9.17, 15) is 14.0 Å². The molecule has 2 amide bonds. The van der Waals surface area contributed by atoms with Crippen LogP contribution >= 0.6 is 11.6 Å². The number of likely N-dealkylation sites (N-methyl/N-ethyl adjacent to an activating group) is 1. The van der Waals surface area contributed by atoms with E-state index in [-0.39, 0.29) is 22.5 Å². The lowest BCUT2D eigenvalue weighted by Gasteiger charge is -2.43. The highest BCUT2D eigenvalue weighted by Crippen LogP contribution is 2.33. The number of likely N-dealkylation sites (tertiary alicyclic amines) is 1. The third kappa shape index (κ3) is 3.59. The molecule has 2 saturated heterocycles. The molecule has 1 spiro atoms. The number of hydrogen-bond donors (Lipinski definition) is 1. The van der Waals surface area contributed by atoms with E-state index < -0.39 is 17.4 Å². The van der Waals surface area contributed by atoms with E-state index in [1.165, 1.54) is 0 Å². The molecule has 0 saturated carbocycles. The summed E-state index contributed by atoms with van der Waals surface area (Å²) in [5.74, 6) is -0.905. The largest absolute Gasteiger partial charge is 0.338 e. The minimum absolute atomic E-state index is 0.0615. The fourth-order valence-electron chi connectivity index (χ4n) is 4.49. The standard InChI is InChI=1S/C23H25ClFN3O2/c1-15-8-9-17(24)19(20(15)25)22(30)28-12-10-23(11-13-28)26-18(21(29)27(23)2)14-16-6-4-3-5-7-16/h3-9,18,26H,10-14H2,1-2H3. The van der Waals surface area contributed by atoms with Gasteiger partial charge in [0.2, 0.25) is 5.91 Å². The van der Waals surface area contributed by atoms with E-state index in [4.69, 9.17) is 11.6 Å². The van der Waals surface area contributed by atoms with Crippen molar-refractivity contribution < 1.29 is 14.0 Å². The molecule has 7 heteroatoms. The van der Waals surface area contributed by atoms with Crippen LogP contribution in [0, 0.1) is 12.7 Å². The number of rotatable bonds is 3. The van der Waals surface area contributed by atoms with Gasteiger partial charge in [-0.05, 0) is 30.5 Å². The van der Waals surface area contributed by atoms with Gasteiger partial charge in [-0.3, -0.25) is 14.9 Å². The zero-order chi connectivity index (χ0) is 21.5. The van der Waals surface area contributed by atoms with Crippen LogP contribution in [0.4, 0.5) is 4.39 Å². The Bertz CT molecular complexity index is 974. The predicted octanol–water partition coefficient (Wildman–Crippen LogP) is 3.39. The van der Waals surface area contributed by atoms with Crippen molar-refractivity contribution in [1.29, 1.82) is 0 Å².